The highest BCUT2D eigenvalue weighted by Gasteiger charge is 2.10. The van der Waals surface area contributed by atoms with Gasteiger partial charge in [-0.05, 0) is 12.5 Å². The van der Waals surface area contributed by atoms with Crippen LogP contribution in [-0.4, -0.2) is 11.5 Å². The lowest BCUT2D eigenvalue weighted by atomic mass is 10.1. The topological polar surface area (TPSA) is 50.9 Å². The lowest BCUT2D eigenvalue weighted by Crippen LogP contribution is -2.06. The molecule has 0 amide bonds. The molecule has 4 heteroatoms. The van der Waals surface area contributed by atoms with Gasteiger partial charge >= 0.3 is 0 Å². The van der Waals surface area contributed by atoms with Crippen LogP contribution in [0, 0.1) is 0 Å². The van der Waals surface area contributed by atoms with Gasteiger partial charge < -0.3 is 11.1 Å². The fraction of sp³-hybridized carbons (Fsp3) is 0.308. The summed E-state index contributed by atoms with van der Waals surface area (Å²) in [5.41, 5.74) is 8.27. The number of fused-ring (bicyclic) bond motifs is 1. The van der Waals surface area contributed by atoms with Crippen molar-refractivity contribution in [3.63, 3.8) is 0 Å². The number of nitrogens with zero attached hydrogens (tertiary/aromatic N) is 1. The fourth-order valence-corrected chi connectivity index (χ4v) is 1.96. The maximum Gasteiger partial charge on any atom is 0.154 e. The number of rotatable bonds is 4. The van der Waals surface area contributed by atoms with E-state index in [-0.39, 0.29) is 0 Å². The van der Waals surface area contributed by atoms with Crippen LogP contribution >= 0.6 is 11.6 Å². The van der Waals surface area contributed by atoms with E-state index in [2.05, 4.69) is 17.2 Å². The van der Waals surface area contributed by atoms with E-state index in [0.717, 1.165) is 36.0 Å². The summed E-state index contributed by atoms with van der Waals surface area (Å²) in [7, 11) is 0. The summed E-state index contributed by atoms with van der Waals surface area (Å²) in [4.78, 5) is 4.26. The first kappa shape index (κ1) is 12.0. The Morgan fingerprint density at radius 2 is 2.12 bits per heavy atom. The summed E-state index contributed by atoms with van der Waals surface area (Å²) in [6.07, 6.45) is 2.25. The van der Waals surface area contributed by atoms with Crippen LogP contribution in [0.25, 0.3) is 10.9 Å². The molecule has 1 aromatic carbocycles. The molecule has 0 saturated heterocycles. The number of nitrogen functional groups attached to an aromatic ring is 1. The third-order valence-corrected chi connectivity index (χ3v) is 3.00. The zero-order valence-electron chi connectivity index (χ0n) is 9.83. The molecule has 0 aliphatic heterocycles. The Kier molecular flexibility index (Phi) is 3.69. The second-order valence-electron chi connectivity index (χ2n) is 3.99. The van der Waals surface area contributed by atoms with E-state index in [1.165, 1.54) is 0 Å². The highest BCUT2D eigenvalue weighted by molar-refractivity contribution is 6.33. The number of nitrogens with one attached hydrogen (secondary N) is 1. The van der Waals surface area contributed by atoms with Crippen molar-refractivity contribution in [2.24, 2.45) is 0 Å². The molecular formula is C13H16ClN3. The maximum absolute atomic E-state index is 6.03. The van der Waals surface area contributed by atoms with E-state index < -0.39 is 0 Å². The lowest BCUT2D eigenvalue weighted by Gasteiger charge is -2.13. The number of nitrogens with two attached hydrogens (primary N) is 1. The Labute approximate surface area is 106 Å². The molecule has 2 aromatic rings. The molecule has 1 heterocycles. The third-order valence-electron chi connectivity index (χ3n) is 2.72. The molecular weight excluding hydrogens is 234 g/mol. The number of benzene rings is 1. The maximum atomic E-state index is 6.03. The number of unbranched alkanes of at least 4 members (excludes halogenated alkanes) is 1. The van der Waals surface area contributed by atoms with Crippen molar-refractivity contribution in [3.8, 4) is 0 Å². The summed E-state index contributed by atoms with van der Waals surface area (Å²) in [5, 5.41) is 4.73. The van der Waals surface area contributed by atoms with Gasteiger partial charge in [0.2, 0.25) is 0 Å². The van der Waals surface area contributed by atoms with Gasteiger partial charge in [0, 0.05) is 11.9 Å². The number of aromatic nitrogens is 1. The van der Waals surface area contributed by atoms with Gasteiger partial charge in [0.25, 0.3) is 0 Å². The summed E-state index contributed by atoms with van der Waals surface area (Å²) in [6, 6.07) is 7.86. The Morgan fingerprint density at radius 3 is 2.88 bits per heavy atom. The number of hydrogen-bond acceptors (Lipinski definition) is 3. The van der Waals surface area contributed by atoms with Crippen LogP contribution < -0.4 is 11.1 Å². The van der Waals surface area contributed by atoms with Crippen LogP contribution in [0.1, 0.15) is 19.8 Å². The summed E-state index contributed by atoms with van der Waals surface area (Å²) in [5.74, 6) is 0. The molecule has 3 N–H and O–H groups in total. The van der Waals surface area contributed by atoms with Gasteiger partial charge in [-0.25, -0.2) is 4.98 Å². The van der Waals surface area contributed by atoms with Crippen molar-refractivity contribution in [1.82, 2.24) is 4.98 Å². The van der Waals surface area contributed by atoms with Crippen molar-refractivity contribution in [2.75, 3.05) is 17.6 Å². The number of hydrogen-bond donors (Lipinski definition) is 2. The molecule has 0 atom stereocenters. The molecule has 2 rings (SSSR count). The monoisotopic (exact) mass is 249 g/mol. The van der Waals surface area contributed by atoms with Crippen LogP contribution in [0.3, 0.4) is 0 Å². The van der Waals surface area contributed by atoms with E-state index in [4.69, 9.17) is 17.3 Å². The minimum Gasteiger partial charge on any atom is -0.395 e. The molecule has 1 aromatic heterocycles. The van der Waals surface area contributed by atoms with Crippen molar-refractivity contribution in [2.45, 2.75) is 19.8 Å². The van der Waals surface area contributed by atoms with E-state index in [9.17, 15) is 0 Å². The largest absolute Gasteiger partial charge is 0.395 e. The highest BCUT2D eigenvalue weighted by Crippen LogP contribution is 2.33. The fourth-order valence-electron chi connectivity index (χ4n) is 1.78. The molecule has 0 spiro atoms. The molecule has 3 nitrogen and oxygen atoms in total. The Bertz CT molecular complexity index is 525. The van der Waals surface area contributed by atoms with Gasteiger partial charge in [-0.2, -0.15) is 0 Å². The van der Waals surface area contributed by atoms with E-state index in [1.54, 1.807) is 0 Å². The minimum atomic E-state index is 0.364. The quantitative estimate of drug-likeness (QED) is 0.642. The first-order chi connectivity index (χ1) is 8.24. The lowest BCUT2D eigenvalue weighted by molar-refractivity contribution is 0.835. The number of pyridine rings is 1. The Hall–Kier alpha value is -1.48. The molecule has 0 fully saturated rings. The third kappa shape index (κ3) is 2.44. The van der Waals surface area contributed by atoms with Gasteiger partial charge in [0.1, 0.15) is 0 Å². The van der Waals surface area contributed by atoms with Crippen molar-refractivity contribution < 1.29 is 0 Å². The predicted molar refractivity (Wildman–Crippen MR) is 74.6 cm³/mol. The van der Waals surface area contributed by atoms with Gasteiger partial charge in [0.05, 0.1) is 16.9 Å². The van der Waals surface area contributed by atoms with Gasteiger partial charge in [-0.1, -0.05) is 43.1 Å². The normalized spacial score (nSPS) is 10.7. The van der Waals surface area contributed by atoms with Gasteiger partial charge in [-0.15, -0.1) is 0 Å². The second kappa shape index (κ2) is 5.23. The average molecular weight is 250 g/mol. The van der Waals surface area contributed by atoms with Crippen LogP contribution in [0.2, 0.25) is 5.15 Å². The Balaban J connectivity index is 2.46. The molecule has 0 unspecified atom stereocenters. The average Bonchev–Trinajstić information content (AvgIpc) is 2.34. The molecule has 0 aliphatic carbocycles. The predicted octanol–water partition coefficient (Wildman–Crippen LogP) is 3.68. The zero-order chi connectivity index (χ0) is 12.3. The minimum absolute atomic E-state index is 0.364. The second-order valence-corrected chi connectivity index (χ2v) is 4.35. The van der Waals surface area contributed by atoms with E-state index in [0.29, 0.717) is 10.8 Å². The molecule has 0 saturated carbocycles. The van der Waals surface area contributed by atoms with Crippen LogP contribution in [0.5, 0.6) is 0 Å². The van der Waals surface area contributed by atoms with Gasteiger partial charge in [0.15, 0.2) is 5.15 Å². The van der Waals surface area contributed by atoms with E-state index in [1.807, 2.05) is 24.3 Å². The first-order valence-electron chi connectivity index (χ1n) is 5.81. The molecule has 17 heavy (non-hydrogen) atoms. The summed E-state index contributed by atoms with van der Waals surface area (Å²) >= 11 is 6.03. The SMILES string of the molecule is CCCCNc1c(N)c(Cl)nc2ccccc12. The smallest absolute Gasteiger partial charge is 0.154 e. The van der Waals surface area contributed by atoms with Crippen molar-refractivity contribution in [1.29, 1.82) is 0 Å². The summed E-state index contributed by atoms with van der Waals surface area (Å²) in [6.45, 7) is 3.05. The number of halogens is 1. The standard InChI is InChI=1S/C13H16ClN3/c1-2-3-8-16-12-9-6-4-5-7-10(9)17-13(14)11(12)15/h4-7H,2-3,8,15H2,1H3,(H,16,17). The highest BCUT2D eigenvalue weighted by atomic mass is 35.5. The first-order valence-corrected chi connectivity index (χ1v) is 6.19. The van der Waals surface area contributed by atoms with Gasteiger partial charge in [-0.3, -0.25) is 0 Å². The Morgan fingerprint density at radius 1 is 1.35 bits per heavy atom. The zero-order valence-corrected chi connectivity index (χ0v) is 10.6. The van der Waals surface area contributed by atoms with Crippen molar-refractivity contribution >= 4 is 33.9 Å². The number of para-hydroxylation sites is 1. The van der Waals surface area contributed by atoms with Crippen LogP contribution in [0.4, 0.5) is 11.4 Å². The molecule has 0 aliphatic rings. The van der Waals surface area contributed by atoms with Crippen LogP contribution in [-0.2, 0) is 0 Å². The number of anilines is 2. The molecule has 0 radical (unpaired) electrons. The van der Waals surface area contributed by atoms with Crippen LogP contribution in [0.15, 0.2) is 24.3 Å². The molecule has 90 valence electrons. The summed E-state index contributed by atoms with van der Waals surface area (Å²) < 4.78 is 0. The molecule has 0 bridgehead atoms. The van der Waals surface area contributed by atoms with E-state index >= 15 is 0 Å². The van der Waals surface area contributed by atoms with Crippen molar-refractivity contribution in [3.05, 3.63) is 29.4 Å².